The van der Waals surface area contributed by atoms with E-state index in [0.29, 0.717) is 19.4 Å². The number of alkyl carbamates (subject to hydrolysis) is 1. The summed E-state index contributed by atoms with van der Waals surface area (Å²) in [7, 11) is 0. The van der Waals surface area contributed by atoms with E-state index < -0.39 is 18.1 Å². The largest absolute Gasteiger partial charge is 0.481 e. The van der Waals surface area contributed by atoms with E-state index in [1.165, 1.54) is 0 Å². The summed E-state index contributed by atoms with van der Waals surface area (Å²) in [5, 5.41) is 12.0. The molecular formula is C27H32N2O5. The second-order valence-corrected chi connectivity index (χ2v) is 9.26. The molecule has 2 N–H and O–H groups in total. The summed E-state index contributed by atoms with van der Waals surface area (Å²) in [5.41, 5.74) is 4.55. The Kier molecular flexibility index (Phi) is 7.20. The molecule has 1 fully saturated rings. The highest BCUT2D eigenvalue weighted by Gasteiger charge is 2.37. The van der Waals surface area contributed by atoms with Gasteiger partial charge in [-0.2, -0.15) is 0 Å². The Hall–Kier alpha value is -3.35. The van der Waals surface area contributed by atoms with Gasteiger partial charge < -0.3 is 20.1 Å². The number of hydrogen-bond acceptors (Lipinski definition) is 4. The first-order valence-corrected chi connectivity index (χ1v) is 12.0. The third-order valence-corrected chi connectivity index (χ3v) is 7.17. The molecule has 2 aliphatic rings. The van der Waals surface area contributed by atoms with Gasteiger partial charge in [-0.25, -0.2) is 4.79 Å². The molecule has 0 spiro atoms. The molecule has 7 heteroatoms. The number of likely N-dealkylation sites (tertiary alicyclic amines) is 1. The van der Waals surface area contributed by atoms with Crippen LogP contribution in [0.3, 0.4) is 0 Å². The Balaban J connectivity index is 1.44. The minimum absolute atomic E-state index is 0.0607. The number of carboxylic acids is 1. The minimum Gasteiger partial charge on any atom is -0.481 e. The Bertz CT molecular complexity index is 1020. The molecule has 1 aliphatic heterocycles. The molecule has 7 nitrogen and oxygen atoms in total. The SMILES string of the molecule is CC[C@H](C)[C@H](NC(=O)OCC1c2ccccc2-c2ccccc21)C(=O)N1CCC[C@H]1CC(=O)O. The maximum absolute atomic E-state index is 13.3. The minimum atomic E-state index is -0.922. The molecule has 0 unspecified atom stereocenters. The normalized spacial score (nSPS) is 18.6. The topological polar surface area (TPSA) is 95.9 Å². The van der Waals surface area contributed by atoms with E-state index in [1.807, 2.05) is 38.1 Å². The van der Waals surface area contributed by atoms with Crippen LogP contribution in [0.2, 0.25) is 0 Å². The van der Waals surface area contributed by atoms with Gasteiger partial charge in [0.2, 0.25) is 5.91 Å². The molecule has 2 amide bonds. The first-order chi connectivity index (χ1) is 16.4. The number of carbonyl (C=O) groups is 3. The third kappa shape index (κ3) is 4.79. The number of fused-ring (bicyclic) bond motifs is 3. The van der Waals surface area contributed by atoms with E-state index in [0.717, 1.165) is 28.7 Å². The van der Waals surface area contributed by atoms with E-state index in [2.05, 4.69) is 29.6 Å². The lowest BCUT2D eigenvalue weighted by Crippen LogP contribution is -2.53. The summed E-state index contributed by atoms with van der Waals surface area (Å²) in [6.45, 7) is 4.56. The molecule has 0 radical (unpaired) electrons. The van der Waals surface area contributed by atoms with Crippen LogP contribution in [0.1, 0.15) is 56.6 Å². The molecule has 180 valence electrons. The van der Waals surface area contributed by atoms with Crippen LogP contribution in [-0.2, 0) is 14.3 Å². The van der Waals surface area contributed by atoms with Gasteiger partial charge in [-0.15, -0.1) is 0 Å². The second kappa shape index (κ2) is 10.3. The summed E-state index contributed by atoms with van der Waals surface area (Å²) in [5.74, 6) is -1.32. The number of carboxylic acid groups (broad SMARTS) is 1. The van der Waals surface area contributed by atoms with Crippen LogP contribution < -0.4 is 5.32 Å². The van der Waals surface area contributed by atoms with Crippen LogP contribution in [-0.4, -0.2) is 53.2 Å². The average molecular weight is 465 g/mol. The van der Waals surface area contributed by atoms with Gasteiger partial charge in [0.25, 0.3) is 0 Å². The van der Waals surface area contributed by atoms with Crippen molar-refractivity contribution in [2.45, 2.75) is 57.5 Å². The molecule has 3 atom stereocenters. The van der Waals surface area contributed by atoms with Crippen molar-refractivity contribution in [3.63, 3.8) is 0 Å². The van der Waals surface area contributed by atoms with Crippen molar-refractivity contribution >= 4 is 18.0 Å². The lowest BCUT2D eigenvalue weighted by Gasteiger charge is -2.31. The Morgan fingerprint density at radius 1 is 1.09 bits per heavy atom. The van der Waals surface area contributed by atoms with Gasteiger partial charge in [-0.05, 0) is 41.0 Å². The number of ether oxygens (including phenoxy) is 1. The molecule has 2 aromatic rings. The summed E-state index contributed by atoms with van der Waals surface area (Å²) in [4.78, 5) is 39.0. The van der Waals surface area contributed by atoms with Crippen LogP contribution in [0, 0.1) is 5.92 Å². The van der Waals surface area contributed by atoms with Gasteiger partial charge >= 0.3 is 12.1 Å². The van der Waals surface area contributed by atoms with Crippen LogP contribution in [0.15, 0.2) is 48.5 Å². The summed E-state index contributed by atoms with van der Waals surface area (Å²) < 4.78 is 5.65. The van der Waals surface area contributed by atoms with Gasteiger partial charge in [-0.1, -0.05) is 68.8 Å². The van der Waals surface area contributed by atoms with Crippen molar-refractivity contribution in [2.24, 2.45) is 5.92 Å². The van der Waals surface area contributed by atoms with Crippen LogP contribution in [0.25, 0.3) is 11.1 Å². The highest BCUT2D eigenvalue weighted by molar-refractivity contribution is 5.87. The number of rotatable bonds is 8. The molecule has 4 rings (SSSR count). The van der Waals surface area contributed by atoms with Gasteiger partial charge in [-0.3, -0.25) is 9.59 Å². The maximum Gasteiger partial charge on any atom is 0.407 e. The van der Waals surface area contributed by atoms with Crippen molar-refractivity contribution in [2.75, 3.05) is 13.2 Å². The van der Waals surface area contributed by atoms with E-state index in [9.17, 15) is 19.5 Å². The zero-order chi connectivity index (χ0) is 24.2. The molecule has 0 aromatic heterocycles. The summed E-state index contributed by atoms with van der Waals surface area (Å²) in [6, 6.07) is 15.2. The number of carbonyl (C=O) groups excluding carboxylic acids is 2. The predicted molar refractivity (Wildman–Crippen MR) is 128 cm³/mol. The zero-order valence-corrected chi connectivity index (χ0v) is 19.7. The number of nitrogens with zero attached hydrogens (tertiary/aromatic N) is 1. The predicted octanol–water partition coefficient (Wildman–Crippen LogP) is 4.41. The van der Waals surface area contributed by atoms with Gasteiger partial charge in [0.05, 0.1) is 6.42 Å². The third-order valence-electron chi connectivity index (χ3n) is 7.17. The number of hydrogen-bond donors (Lipinski definition) is 2. The Morgan fingerprint density at radius 3 is 2.29 bits per heavy atom. The van der Waals surface area contributed by atoms with E-state index in [1.54, 1.807) is 4.90 Å². The quantitative estimate of drug-likeness (QED) is 0.604. The fourth-order valence-corrected chi connectivity index (χ4v) is 5.17. The number of benzene rings is 2. The summed E-state index contributed by atoms with van der Waals surface area (Å²) in [6.07, 6.45) is 1.41. The molecule has 1 aliphatic carbocycles. The Morgan fingerprint density at radius 2 is 1.71 bits per heavy atom. The number of amides is 2. The molecule has 1 saturated heterocycles. The monoisotopic (exact) mass is 464 g/mol. The molecule has 0 saturated carbocycles. The van der Waals surface area contributed by atoms with Gasteiger partial charge in [0.15, 0.2) is 0 Å². The number of aliphatic carboxylic acids is 1. The van der Waals surface area contributed by atoms with Crippen molar-refractivity contribution in [1.82, 2.24) is 10.2 Å². The van der Waals surface area contributed by atoms with Crippen molar-refractivity contribution < 1.29 is 24.2 Å². The fourth-order valence-electron chi connectivity index (χ4n) is 5.17. The van der Waals surface area contributed by atoms with Gasteiger partial charge in [0, 0.05) is 18.5 Å². The lowest BCUT2D eigenvalue weighted by molar-refractivity contribution is -0.141. The smallest absolute Gasteiger partial charge is 0.407 e. The van der Waals surface area contributed by atoms with Crippen LogP contribution >= 0.6 is 0 Å². The van der Waals surface area contributed by atoms with Crippen molar-refractivity contribution in [3.8, 4) is 11.1 Å². The standard InChI is InChI=1S/C27H32N2O5/c1-3-17(2)25(26(32)29-14-8-9-18(29)15-24(30)31)28-27(33)34-16-23-21-12-6-4-10-19(21)20-11-5-7-13-22(20)23/h4-7,10-13,17-18,23,25H,3,8-9,14-16H2,1-2H3,(H,28,33)(H,30,31)/t17-,18-,25-/m0/s1. The summed E-state index contributed by atoms with van der Waals surface area (Å²) >= 11 is 0. The first-order valence-electron chi connectivity index (χ1n) is 12.0. The lowest BCUT2D eigenvalue weighted by atomic mass is 9.97. The van der Waals surface area contributed by atoms with E-state index in [4.69, 9.17) is 4.74 Å². The molecular weight excluding hydrogens is 432 g/mol. The van der Waals surface area contributed by atoms with Crippen molar-refractivity contribution in [1.29, 1.82) is 0 Å². The first kappa shape index (κ1) is 23.8. The van der Waals surface area contributed by atoms with Crippen LogP contribution in [0.5, 0.6) is 0 Å². The van der Waals surface area contributed by atoms with Gasteiger partial charge in [0.1, 0.15) is 12.6 Å². The Labute approximate surface area is 200 Å². The molecule has 2 aromatic carbocycles. The fraction of sp³-hybridized carbons (Fsp3) is 0.444. The maximum atomic E-state index is 13.3. The molecule has 0 bridgehead atoms. The molecule has 1 heterocycles. The van der Waals surface area contributed by atoms with E-state index in [-0.39, 0.29) is 36.8 Å². The second-order valence-electron chi connectivity index (χ2n) is 9.26. The van der Waals surface area contributed by atoms with Crippen LogP contribution in [0.4, 0.5) is 4.79 Å². The zero-order valence-electron chi connectivity index (χ0n) is 19.7. The average Bonchev–Trinajstić information content (AvgIpc) is 3.42. The highest BCUT2D eigenvalue weighted by Crippen LogP contribution is 2.44. The molecule has 34 heavy (non-hydrogen) atoms. The van der Waals surface area contributed by atoms with Crippen molar-refractivity contribution in [3.05, 3.63) is 59.7 Å². The highest BCUT2D eigenvalue weighted by atomic mass is 16.5. The number of nitrogens with one attached hydrogen (secondary N) is 1. The van der Waals surface area contributed by atoms with E-state index >= 15 is 0 Å².